The highest BCUT2D eigenvalue weighted by Gasteiger charge is 2.35. The number of urea groups is 1. The molecule has 7 heteroatoms. The zero-order valence-electron chi connectivity index (χ0n) is 17.8. The maximum Gasteiger partial charge on any atom is 0.322 e. The van der Waals surface area contributed by atoms with E-state index in [1.807, 2.05) is 47.4 Å². The van der Waals surface area contributed by atoms with E-state index in [0.29, 0.717) is 17.3 Å². The summed E-state index contributed by atoms with van der Waals surface area (Å²) in [5, 5.41) is 7.98. The van der Waals surface area contributed by atoms with Crippen molar-refractivity contribution in [2.24, 2.45) is 0 Å². The number of amides is 2. The van der Waals surface area contributed by atoms with Crippen LogP contribution >= 0.6 is 11.6 Å². The Morgan fingerprint density at radius 2 is 1.87 bits per heavy atom. The standard InChI is InChI=1S/C24H27ClN4O2/c1-3-28(4-2)23-21(22(27-31-23)17-9-6-5-7-10-17)16-29(20-13-14-20)24(30)26-19-12-8-11-18(25)15-19/h5-12,15,20H,3-4,13-14,16H2,1-2H3,(H,26,30). The zero-order chi connectivity index (χ0) is 21.8. The first kappa shape index (κ1) is 21.2. The van der Waals surface area contributed by atoms with Gasteiger partial charge >= 0.3 is 6.03 Å². The number of benzene rings is 2. The van der Waals surface area contributed by atoms with Crippen LogP contribution in [-0.2, 0) is 6.54 Å². The molecular weight excluding hydrogens is 412 g/mol. The molecule has 0 saturated heterocycles. The Morgan fingerprint density at radius 3 is 2.52 bits per heavy atom. The van der Waals surface area contributed by atoms with Gasteiger partial charge in [0.15, 0.2) is 0 Å². The molecule has 1 fully saturated rings. The van der Waals surface area contributed by atoms with Crippen LogP contribution in [0, 0.1) is 0 Å². The van der Waals surface area contributed by atoms with Crippen molar-refractivity contribution in [2.75, 3.05) is 23.3 Å². The first-order valence-electron chi connectivity index (χ1n) is 10.7. The Labute approximate surface area is 187 Å². The minimum atomic E-state index is -0.143. The smallest absolute Gasteiger partial charge is 0.322 e. The van der Waals surface area contributed by atoms with Crippen LogP contribution in [-0.4, -0.2) is 35.2 Å². The lowest BCUT2D eigenvalue weighted by molar-refractivity contribution is 0.206. The van der Waals surface area contributed by atoms with E-state index in [9.17, 15) is 4.79 Å². The molecule has 0 unspecified atom stereocenters. The summed E-state index contributed by atoms with van der Waals surface area (Å²) < 4.78 is 5.81. The topological polar surface area (TPSA) is 61.6 Å². The van der Waals surface area contributed by atoms with Crippen molar-refractivity contribution < 1.29 is 9.32 Å². The Hall–Kier alpha value is -2.99. The first-order valence-corrected chi connectivity index (χ1v) is 11.1. The van der Waals surface area contributed by atoms with E-state index in [4.69, 9.17) is 16.1 Å². The number of nitrogens with one attached hydrogen (secondary N) is 1. The average molecular weight is 439 g/mol. The summed E-state index contributed by atoms with van der Waals surface area (Å²) in [5.41, 5.74) is 3.37. The van der Waals surface area contributed by atoms with Crippen LogP contribution in [0.5, 0.6) is 0 Å². The van der Waals surface area contributed by atoms with Gasteiger partial charge in [-0.3, -0.25) is 0 Å². The fraction of sp³-hybridized carbons (Fsp3) is 0.333. The summed E-state index contributed by atoms with van der Waals surface area (Å²) in [7, 11) is 0. The zero-order valence-corrected chi connectivity index (χ0v) is 18.6. The third-order valence-electron chi connectivity index (χ3n) is 5.52. The number of hydrogen-bond acceptors (Lipinski definition) is 4. The molecule has 162 valence electrons. The SMILES string of the molecule is CCN(CC)c1onc(-c2ccccc2)c1CN(C(=O)Nc1cccc(Cl)c1)C1CC1. The highest BCUT2D eigenvalue weighted by molar-refractivity contribution is 6.30. The molecule has 0 spiro atoms. The number of rotatable bonds is 8. The number of anilines is 2. The van der Waals surface area contributed by atoms with E-state index in [1.165, 1.54) is 0 Å². The number of aromatic nitrogens is 1. The normalized spacial score (nSPS) is 13.1. The summed E-state index contributed by atoms with van der Waals surface area (Å²) in [6, 6.07) is 17.2. The Morgan fingerprint density at radius 1 is 1.13 bits per heavy atom. The van der Waals surface area contributed by atoms with Crippen molar-refractivity contribution in [3.63, 3.8) is 0 Å². The van der Waals surface area contributed by atoms with Crippen LogP contribution in [0.4, 0.5) is 16.4 Å². The second-order valence-electron chi connectivity index (χ2n) is 7.65. The van der Waals surface area contributed by atoms with E-state index >= 15 is 0 Å². The molecule has 3 aromatic rings. The van der Waals surface area contributed by atoms with Gasteiger partial charge in [0, 0.05) is 35.4 Å². The number of carbonyl (C=O) groups excluding carboxylic acids is 1. The minimum absolute atomic E-state index is 0.143. The van der Waals surface area contributed by atoms with Crippen LogP contribution in [0.3, 0.4) is 0 Å². The molecular formula is C24H27ClN4O2. The van der Waals surface area contributed by atoms with Gasteiger partial charge in [-0.25, -0.2) is 4.79 Å². The first-order chi connectivity index (χ1) is 15.1. The summed E-state index contributed by atoms with van der Waals surface area (Å²) in [4.78, 5) is 17.2. The van der Waals surface area contributed by atoms with Crippen molar-refractivity contribution in [1.29, 1.82) is 0 Å². The Bertz CT molecular complexity index is 1030. The van der Waals surface area contributed by atoms with Crippen LogP contribution < -0.4 is 10.2 Å². The molecule has 1 aliphatic carbocycles. The molecule has 6 nitrogen and oxygen atoms in total. The molecule has 2 amide bonds. The largest absolute Gasteiger partial charge is 0.341 e. The monoisotopic (exact) mass is 438 g/mol. The average Bonchev–Trinajstić information content (AvgIpc) is 3.54. The number of carbonyl (C=O) groups is 1. The molecule has 1 N–H and O–H groups in total. The van der Waals surface area contributed by atoms with Crippen molar-refractivity contribution in [1.82, 2.24) is 10.1 Å². The molecule has 0 atom stereocenters. The molecule has 1 heterocycles. The predicted octanol–water partition coefficient (Wildman–Crippen LogP) is 6.04. The van der Waals surface area contributed by atoms with Gasteiger partial charge in [0.2, 0.25) is 5.88 Å². The third kappa shape index (κ3) is 4.85. The molecule has 1 aliphatic rings. The van der Waals surface area contributed by atoms with Crippen LogP contribution in [0.25, 0.3) is 11.3 Å². The molecule has 31 heavy (non-hydrogen) atoms. The fourth-order valence-corrected chi connectivity index (χ4v) is 3.90. The van der Waals surface area contributed by atoms with Gasteiger partial charge < -0.3 is 19.6 Å². The van der Waals surface area contributed by atoms with Crippen LogP contribution in [0.2, 0.25) is 5.02 Å². The van der Waals surface area contributed by atoms with Crippen molar-refractivity contribution >= 4 is 29.2 Å². The van der Waals surface area contributed by atoms with Crippen LogP contribution in [0.1, 0.15) is 32.3 Å². The fourth-order valence-electron chi connectivity index (χ4n) is 3.71. The quantitative estimate of drug-likeness (QED) is 0.465. The highest BCUT2D eigenvalue weighted by Crippen LogP contribution is 2.36. The Balaban J connectivity index is 1.66. The predicted molar refractivity (Wildman–Crippen MR) is 125 cm³/mol. The lowest BCUT2D eigenvalue weighted by Gasteiger charge is -2.25. The number of halogens is 1. The maximum atomic E-state index is 13.2. The van der Waals surface area contributed by atoms with E-state index in [-0.39, 0.29) is 12.1 Å². The van der Waals surface area contributed by atoms with Gasteiger partial charge in [-0.1, -0.05) is 53.2 Å². The molecule has 0 bridgehead atoms. The van der Waals surface area contributed by atoms with Crippen molar-refractivity contribution in [3.05, 3.63) is 65.2 Å². The molecule has 0 aliphatic heterocycles. The van der Waals surface area contributed by atoms with Gasteiger partial charge in [0.25, 0.3) is 0 Å². The maximum absolute atomic E-state index is 13.2. The second-order valence-corrected chi connectivity index (χ2v) is 8.09. The van der Waals surface area contributed by atoms with Crippen LogP contribution in [0.15, 0.2) is 59.1 Å². The molecule has 1 saturated carbocycles. The molecule has 4 rings (SSSR count). The van der Waals surface area contributed by atoms with Crippen molar-refractivity contribution in [3.8, 4) is 11.3 Å². The molecule has 1 aromatic heterocycles. The second kappa shape index (κ2) is 9.43. The van der Waals surface area contributed by atoms with E-state index < -0.39 is 0 Å². The summed E-state index contributed by atoms with van der Waals surface area (Å²) in [6.45, 7) is 6.19. The van der Waals surface area contributed by atoms with Gasteiger partial charge in [0.1, 0.15) is 5.69 Å². The minimum Gasteiger partial charge on any atom is -0.341 e. The molecule has 2 aromatic carbocycles. The summed E-state index contributed by atoms with van der Waals surface area (Å²) in [5.74, 6) is 0.727. The van der Waals surface area contributed by atoms with Gasteiger partial charge in [-0.15, -0.1) is 0 Å². The van der Waals surface area contributed by atoms with Gasteiger partial charge in [-0.2, -0.15) is 0 Å². The highest BCUT2D eigenvalue weighted by atomic mass is 35.5. The van der Waals surface area contributed by atoms with Gasteiger partial charge in [0.05, 0.1) is 12.1 Å². The Kier molecular flexibility index (Phi) is 6.47. The van der Waals surface area contributed by atoms with Crippen molar-refractivity contribution in [2.45, 2.75) is 39.3 Å². The van der Waals surface area contributed by atoms with Gasteiger partial charge in [-0.05, 0) is 44.9 Å². The van der Waals surface area contributed by atoms with E-state index in [2.05, 4.69) is 29.2 Å². The third-order valence-corrected chi connectivity index (χ3v) is 5.75. The lowest BCUT2D eigenvalue weighted by atomic mass is 10.1. The molecule has 0 radical (unpaired) electrons. The summed E-state index contributed by atoms with van der Waals surface area (Å²) >= 11 is 6.08. The lowest BCUT2D eigenvalue weighted by Crippen LogP contribution is -2.37. The summed E-state index contributed by atoms with van der Waals surface area (Å²) in [6.07, 6.45) is 1.99. The van der Waals surface area contributed by atoms with E-state index in [1.54, 1.807) is 12.1 Å². The van der Waals surface area contributed by atoms with E-state index in [0.717, 1.165) is 48.6 Å². The number of nitrogens with zero attached hydrogens (tertiary/aromatic N) is 3. The number of hydrogen-bond donors (Lipinski definition) is 1.